The zero-order valence-electron chi connectivity index (χ0n) is 10.0. The second kappa shape index (κ2) is 5.80. The normalized spacial score (nSPS) is 17.2. The van der Waals surface area contributed by atoms with Crippen molar-refractivity contribution in [2.75, 3.05) is 0 Å². The maximum atomic E-state index is 10.5. The van der Waals surface area contributed by atoms with E-state index in [9.17, 15) is 4.79 Å². The van der Waals surface area contributed by atoms with Gasteiger partial charge in [0.25, 0.3) is 0 Å². The Morgan fingerprint density at radius 3 is 2.88 bits per heavy atom. The molecule has 0 bridgehead atoms. The van der Waals surface area contributed by atoms with Crippen LogP contribution in [0.25, 0.3) is 0 Å². The largest absolute Gasteiger partial charge is 0.481 e. The molecular formula is C12H19N3O2. The lowest BCUT2D eigenvalue weighted by atomic mass is 9.95. The highest BCUT2D eigenvalue weighted by atomic mass is 16.4. The summed E-state index contributed by atoms with van der Waals surface area (Å²) in [6, 6.07) is 0.526. The number of hydrogen-bond acceptors (Lipinski definition) is 3. The Hall–Kier alpha value is -1.39. The van der Waals surface area contributed by atoms with Crippen molar-refractivity contribution >= 4 is 5.97 Å². The molecule has 0 aliphatic heterocycles. The van der Waals surface area contributed by atoms with Gasteiger partial charge in [-0.2, -0.15) is 0 Å². The molecule has 0 spiro atoms. The lowest BCUT2D eigenvalue weighted by Gasteiger charge is -2.23. The first-order valence-corrected chi connectivity index (χ1v) is 6.37. The van der Waals surface area contributed by atoms with Gasteiger partial charge < -0.3 is 9.67 Å². The summed E-state index contributed by atoms with van der Waals surface area (Å²) in [6.07, 6.45) is 9.63. The van der Waals surface area contributed by atoms with Crippen LogP contribution >= 0.6 is 0 Å². The van der Waals surface area contributed by atoms with Gasteiger partial charge in [-0.25, -0.2) is 0 Å². The summed E-state index contributed by atoms with van der Waals surface area (Å²) in [5, 5.41) is 16.7. The first kappa shape index (κ1) is 12.1. The maximum Gasteiger partial charge on any atom is 0.303 e. The van der Waals surface area contributed by atoms with Crippen LogP contribution in [0.3, 0.4) is 0 Å². The third kappa shape index (κ3) is 3.28. The molecule has 94 valence electrons. The van der Waals surface area contributed by atoms with E-state index in [1.807, 2.05) is 0 Å². The highest BCUT2D eigenvalue weighted by Crippen LogP contribution is 2.28. The second-order valence-electron chi connectivity index (χ2n) is 4.69. The van der Waals surface area contributed by atoms with Gasteiger partial charge in [0.05, 0.1) is 0 Å². The zero-order chi connectivity index (χ0) is 12.1. The molecule has 5 heteroatoms. The summed E-state index contributed by atoms with van der Waals surface area (Å²) < 4.78 is 2.15. The van der Waals surface area contributed by atoms with Crippen LogP contribution < -0.4 is 0 Å². The molecule has 5 nitrogen and oxygen atoms in total. The third-order valence-corrected chi connectivity index (χ3v) is 3.41. The van der Waals surface area contributed by atoms with Gasteiger partial charge in [-0.3, -0.25) is 4.79 Å². The van der Waals surface area contributed by atoms with E-state index < -0.39 is 5.97 Å². The van der Waals surface area contributed by atoms with Crippen molar-refractivity contribution in [1.82, 2.24) is 14.8 Å². The number of carbonyl (C=O) groups is 1. The lowest BCUT2D eigenvalue weighted by Crippen LogP contribution is -2.15. The highest BCUT2D eigenvalue weighted by Gasteiger charge is 2.18. The fourth-order valence-corrected chi connectivity index (χ4v) is 2.51. The first-order valence-electron chi connectivity index (χ1n) is 6.37. The molecular weight excluding hydrogens is 218 g/mol. The van der Waals surface area contributed by atoms with Gasteiger partial charge >= 0.3 is 5.97 Å². The van der Waals surface area contributed by atoms with Crippen LogP contribution in [0, 0.1) is 0 Å². The van der Waals surface area contributed by atoms with Crippen molar-refractivity contribution in [3.05, 3.63) is 12.2 Å². The Balaban J connectivity index is 1.93. The van der Waals surface area contributed by atoms with E-state index in [-0.39, 0.29) is 6.42 Å². The molecule has 1 saturated carbocycles. The summed E-state index contributed by atoms with van der Waals surface area (Å²) in [6.45, 7) is 0. The van der Waals surface area contributed by atoms with Gasteiger partial charge in [0, 0.05) is 18.9 Å². The smallest absolute Gasteiger partial charge is 0.303 e. The van der Waals surface area contributed by atoms with E-state index in [4.69, 9.17) is 5.11 Å². The minimum absolute atomic E-state index is 0.206. The average molecular weight is 237 g/mol. The Labute approximate surface area is 101 Å². The molecule has 0 amide bonds. The van der Waals surface area contributed by atoms with Gasteiger partial charge in [0.15, 0.2) is 0 Å². The van der Waals surface area contributed by atoms with Crippen LogP contribution in [0.4, 0.5) is 0 Å². The van der Waals surface area contributed by atoms with Crippen LogP contribution in [0.2, 0.25) is 0 Å². The van der Waals surface area contributed by atoms with Crippen molar-refractivity contribution in [1.29, 1.82) is 0 Å². The average Bonchev–Trinajstić information content (AvgIpc) is 2.78. The molecule has 0 saturated heterocycles. The molecule has 0 atom stereocenters. The molecule has 1 N–H and O–H groups in total. The van der Waals surface area contributed by atoms with Crippen LogP contribution in [0.15, 0.2) is 6.33 Å². The van der Waals surface area contributed by atoms with Crippen LogP contribution in [0.1, 0.15) is 56.8 Å². The zero-order valence-corrected chi connectivity index (χ0v) is 10.0. The number of hydrogen-bond donors (Lipinski definition) is 1. The number of aliphatic carboxylic acids is 1. The van der Waals surface area contributed by atoms with E-state index in [1.54, 1.807) is 6.33 Å². The minimum Gasteiger partial charge on any atom is -0.481 e. The van der Waals surface area contributed by atoms with Crippen molar-refractivity contribution in [2.45, 2.75) is 57.4 Å². The Bertz CT molecular complexity index is 370. The highest BCUT2D eigenvalue weighted by molar-refractivity contribution is 5.66. The molecule has 1 aliphatic carbocycles. The minimum atomic E-state index is -0.742. The molecule has 1 heterocycles. The van der Waals surface area contributed by atoms with Crippen LogP contribution in [0.5, 0.6) is 0 Å². The second-order valence-corrected chi connectivity index (χ2v) is 4.69. The standard InChI is InChI=1S/C12H19N3O2/c16-12(17)8-4-7-11-14-13-9-15(11)10-5-2-1-3-6-10/h9-10H,1-8H2,(H,16,17). The quantitative estimate of drug-likeness (QED) is 0.852. The number of rotatable bonds is 5. The molecule has 1 aromatic heterocycles. The number of aromatic nitrogens is 3. The molecule has 0 unspecified atom stereocenters. The number of carboxylic acid groups (broad SMARTS) is 1. The summed E-state index contributed by atoms with van der Waals surface area (Å²) in [5.41, 5.74) is 0. The van der Waals surface area contributed by atoms with Crippen molar-refractivity contribution in [3.63, 3.8) is 0 Å². The van der Waals surface area contributed by atoms with Gasteiger partial charge in [-0.1, -0.05) is 19.3 Å². The van der Waals surface area contributed by atoms with E-state index in [0.29, 0.717) is 18.9 Å². The summed E-state index contributed by atoms with van der Waals surface area (Å²) >= 11 is 0. The van der Waals surface area contributed by atoms with Gasteiger partial charge in [-0.05, 0) is 19.3 Å². The van der Waals surface area contributed by atoms with Crippen molar-refractivity contribution < 1.29 is 9.90 Å². The predicted octanol–water partition coefficient (Wildman–Crippen LogP) is 2.19. The molecule has 1 aromatic rings. The molecule has 0 radical (unpaired) electrons. The van der Waals surface area contributed by atoms with Gasteiger partial charge in [0.2, 0.25) is 0 Å². The van der Waals surface area contributed by atoms with Crippen molar-refractivity contribution in [3.8, 4) is 0 Å². The Morgan fingerprint density at radius 2 is 2.18 bits per heavy atom. The Morgan fingerprint density at radius 1 is 1.41 bits per heavy atom. The predicted molar refractivity (Wildman–Crippen MR) is 62.7 cm³/mol. The summed E-state index contributed by atoms with van der Waals surface area (Å²) in [4.78, 5) is 10.5. The Kier molecular flexibility index (Phi) is 4.12. The topological polar surface area (TPSA) is 68.0 Å². The fourth-order valence-electron chi connectivity index (χ4n) is 2.51. The fraction of sp³-hybridized carbons (Fsp3) is 0.750. The number of aryl methyl sites for hydroxylation is 1. The molecule has 1 aliphatic rings. The van der Waals surface area contributed by atoms with E-state index in [1.165, 1.54) is 32.1 Å². The first-order chi connectivity index (χ1) is 8.27. The van der Waals surface area contributed by atoms with Crippen LogP contribution in [-0.2, 0) is 11.2 Å². The van der Waals surface area contributed by atoms with E-state index >= 15 is 0 Å². The summed E-state index contributed by atoms with van der Waals surface area (Å²) in [7, 11) is 0. The van der Waals surface area contributed by atoms with E-state index in [0.717, 1.165) is 5.82 Å². The van der Waals surface area contributed by atoms with Gasteiger partial charge in [-0.15, -0.1) is 10.2 Å². The molecule has 0 aromatic carbocycles. The van der Waals surface area contributed by atoms with Crippen LogP contribution in [-0.4, -0.2) is 25.8 Å². The lowest BCUT2D eigenvalue weighted by molar-refractivity contribution is -0.137. The van der Waals surface area contributed by atoms with Gasteiger partial charge in [0.1, 0.15) is 12.2 Å². The molecule has 17 heavy (non-hydrogen) atoms. The third-order valence-electron chi connectivity index (χ3n) is 3.41. The molecule has 2 rings (SSSR count). The summed E-state index contributed by atoms with van der Waals surface area (Å²) in [5.74, 6) is 0.201. The number of nitrogens with zero attached hydrogens (tertiary/aromatic N) is 3. The SMILES string of the molecule is O=C(O)CCCc1nncn1C1CCCCC1. The maximum absolute atomic E-state index is 10.5. The van der Waals surface area contributed by atoms with E-state index in [2.05, 4.69) is 14.8 Å². The monoisotopic (exact) mass is 237 g/mol. The number of carboxylic acids is 1. The van der Waals surface area contributed by atoms with Crippen molar-refractivity contribution in [2.24, 2.45) is 0 Å². The molecule has 1 fully saturated rings.